The lowest BCUT2D eigenvalue weighted by Gasteiger charge is -2.53. The lowest BCUT2D eigenvalue weighted by Crippen LogP contribution is -2.62. The summed E-state index contributed by atoms with van der Waals surface area (Å²) >= 11 is 0. The van der Waals surface area contributed by atoms with Crippen LogP contribution in [0.5, 0.6) is 5.75 Å². The van der Waals surface area contributed by atoms with E-state index in [4.69, 9.17) is 10.5 Å². The van der Waals surface area contributed by atoms with Gasteiger partial charge in [0.1, 0.15) is 11.9 Å². The van der Waals surface area contributed by atoms with Crippen LogP contribution in [0.3, 0.4) is 0 Å². The van der Waals surface area contributed by atoms with Crippen molar-refractivity contribution < 1.29 is 9.66 Å². The molecule has 2 rings (SSSR count). The molecule has 0 aliphatic heterocycles. The van der Waals surface area contributed by atoms with Crippen molar-refractivity contribution in [2.75, 3.05) is 0 Å². The highest BCUT2D eigenvalue weighted by molar-refractivity contribution is 5.38. The average molecular weight is 264 g/mol. The maximum absolute atomic E-state index is 10.7. The van der Waals surface area contributed by atoms with Gasteiger partial charge in [0.25, 0.3) is 5.69 Å². The predicted molar refractivity (Wildman–Crippen MR) is 73.1 cm³/mol. The van der Waals surface area contributed by atoms with Crippen LogP contribution in [0.15, 0.2) is 24.3 Å². The van der Waals surface area contributed by atoms with E-state index < -0.39 is 4.92 Å². The molecule has 2 atom stereocenters. The average Bonchev–Trinajstić information content (AvgIpc) is 2.40. The van der Waals surface area contributed by atoms with Gasteiger partial charge in [0.2, 0.25) is 0 Å². The van der Waals surface area contributed by atoms with Crippen molar-refractivity contribution in [2.24, 2.45) is 11.1 Å². The molecule has 1 saturated carbocycles. The molecule has 2 N–H and O–H groups in total. The van der Waals surface area contributed by atoms with Crippen molar-refractivity contribution in [3.8, 4) is 5.75 Å². The zero-order valence-electron chi connectivity index (χ0n) is 11.3. The summed E-state index contributed by atoms with van der Waals surface area (Å²) in [7, 11) is 0. The highest BCUT2D eigenvalue weighted by Crippen LogP contribution is 2.47. The van der Waals surface area contributed by atoms with Gasteiger partial charge in [-0.2, -0.15) is 0 Å². The van der Waals surface area contributed by atoms with Gasteiger partial charge >= 0.3 is 0 Å². The summed E-state index contributed by atoms with van der Waals surface area (Å²) in [4.78, 5) is 10.3. The SMILES string of the molecule is CCC1(CC)C(N)CC1Oc1cccc([N+](=O)[O-])c1. The molecule has 1 fully saturated rings. The second-order valence-electron chi connectivity index (χ2n) is 5.14. The Hall–Kier alpha value is -1.62. The maximum atomic E-state index is 10.7. The number of benzene rings is 1. The molecule has 1 aromatic carbocycles. The van der Waals surface area contributed by atoms with Crippen molar-refractivity contribution in [1.82, 2.24) is 0 Å². The second-order valence-corrected chi connectivity index (χ2v) is 5.14. The number of nitrogens with zero attached hydrogens (tertiary/aromatic N) is 1. The Labute approximate surface area is 112 Å². The minimum absolute atomic E-state index is 0.00458. The Morgan fingerprint density at radius 2 is 2.16 bits per heavy atom. The fraction of sp³-hybridized carbons (Fsp3) is 0.571. The zero-order chi connectivity index (χ0) is 14.0. The molecule has 1 aliphatic carbocycles. The summed E-state index contributed by atoms with van der Waals surface area (Å²) in [6.45, 7) is 4.23. The van der Waals surface area contributed by atoms with E-state index in [2.05, 4.69) is 13.8 Å². The van der Waals surface area contributed by atoms with Crippen LogP contribution >= 0.6 is 0 Å². The summed E-state index contributed by atoms with van der Waals surface area (Å²) < 4.78 is 5.92. The van der Waals surface area contributed by atoms with Gasteiger partial charge in [-0.25, -0.2) is 0 Å². The van der Waals surface area contributed by atoms with E-state index in [1.165, 1.54) is 12.1 Å². The fourth-order valence-electron chi connectivity index (χ4n) is 3.01. The highest BCUT2D eigenvalue weighted by atomic mass is 16.6. The van der Waals surface area contributed by atoms with Gasteiger partial charge < -0.3 is 10.5 Å². The molecule has 104 valence electrons. The molecule has 5 nitrogen and oxygen atoms in total. The topological polar surface area (TPSA) is 78.4 Å². The third kappa shape index (κ3) is 2.30. The van der Waals surface area contributed by atoms with E-state index >= 15 is 0 Å². The van der Waals surface area contributed by atoms with Gasteiger partial charge in [0, 0.05) is 23.9 Å². The Balaban J connectivity index is 2.14. The second kappa shape index (κ2) is 5.17. The smallest absolute Gasteiger partial charge is 0.273 e. The number of rotatable bonds is 5. The number of non-ortho nitro benzene ring substituents is 1. The largest absolute Gasteiger partial charge is 0.489 e. The van der Waals surface area contributed by atoms with Crippen LogP contribution in [0, 0.1) is 15.5 Å². The first kappa shape index (κ1) is 13.8. The van der Waals surface area contributed by atoms with Crippen LogP contribution in [0.4, 0.5) is 5.69 Å². The van der Waals surface area contributed by atoms with Crippen molar-refractivity contribution in [1.29, 1.82) is 0 Å². The van der Waals surface area contributed by atoms with E-state index in [9.17, 15) is 10.1 Å². The normalized spacial score (nSPS) is 24.6. The van der Waals surface area contributed by atoms with Crippen LogP contribution in [0.2, 0.25) is 0 Å². The van der Waals surface area contributed by atoms with Gasteiger partial charge in [-0.1, -0.05) is 19.9 Å². The lowest BCUT2D eigenvalue weighted by molar-refractivity contribution is -0.385. The zero-order valence-corrected chi connectivity index (χ0v) is 11.3. The molecular formula is C14H20N2O3. The molecule has 0 radical (unpaired) electrons. The quantitative estimate of drug-likeness (QED) is 0.655. The summed E-state index contributed by atoms with van der Waals surface area (Å²) in [5.74, 6) is 0.553. The number of hydrogen-bond acceptors (Lipinski definition) is 4. The molecular weight excluding hydrogens is 244 g/mol. The van der Waals surface area contributed by atoms with Gasteiger partial charge in [0.15, 0.2) is 0 Å². The first-order valence-corrected chi connectivity index (χ1v) is 6.70. The lowest BCUT2D eigenvalue weighted by atomic mass is 9.59. The van der Waals surface area contributed by atoms with Crippen molar-refractivity contribution in [3.05, 3.63) is 34.4 Å². The minimum atomic E-state index is -0.410. The molecule has 0 aromatic heterocycles. The van der Waals surface area contributed by atoms with Crippen LogP contribution in [-0.2, 0) is 0 Å². The van der Waals surface area contributed by atoms with Crippen molar-refractivity contribution >= 4 is 5.69 Å². The molecule has 0 spiro atoms. The minimum Gasteiger partial charge on any atom is -0.489 e. The first-order valence-electron chi connectivity index (χ1n) is 6.70. The van der Waals surface area contributed by atoms with Crippen molar-refractivity contribution in [3.63, 3.8) is 0 Å². The highest BCUT2D eigenvalue weighted by Gasteiger charge is 2.52. The summed E-state index contributed by atoms with van der Waals surface area (Å²) in [6, 6.07) is 6.50. The number of nitrogens with two attached hydrogens (primary N) is 1. The van der Waals surface area contributed by atoms with Gasteiger partial charge in [0.05, 0.1) is 11.0 Å². The summed E-state index contributed by atoms with van der Waals surface area (Å²) in [5, 5.41) is 10.7. The molecule has 2 unspecified atom stereocenters. The number of nitro groups is 1. The molecule has 0 bridgehead atoms. The fourth-order valence-corrected chi connectivity index (χ4v) is 3.01. The molecule has 0 amide bonds. The third-order valence-electron chi connectivity index (χ3n) is 4.47. The first-order chi connectivity index (χ1) is 9.03. The van der Waals surface area contributed by atoms with Crippen LogP contribution in [0.1, 0.15) is 33.1 Å². The van der Waals surface area contributed by atoms with Crippen LogP contribution < -0.4 is 10.5 Å². The number of hydrogen-bond donors (Lipinski definition) is 1. The van der Waals surface area contributed by atoms with E-state index in [0.29, 0.717) is 5.75 Å². The third-order valence-corrected chi connectivity index (χ3v) is 4.47. The molecule has 1 aliphatic rings. The number of ether oxygens (including phenoxy) is 1. The van der Waals surface area contributed by atoms with E-state index in [1.54, 1.807) is 12.1 Å². The summed E-state index contributed by atoms with van der Waals surface area (Å²) in [5.41, 5.74) is 6.17. The van der Waals surface area contributed by atoms with Gasteiger partial charge in [-0.3, -0.25) is 10.1 Å². The molecule has 19 heavy (non-hydrogen) atoms. The maximum Gasteiger partial charge on any atom is 0.273 e. The standard InChI is InChI=1S/C14H20N2O3/c1-3-14(4-2)12(15)9-13(14)19-11-7-5-6-10(8-11)16(17)18/h5-8,12-13H,3-4,9,15H2,1-2H3. The van der Waals surface area contributed by atoms with E-state index in [-0.39, 0.29) is 23.2 Å². The molecule has 0 saturated heterocycles. The Kier molecular flexibility index (Phi) is 3.75. The predicted octanol–water partition coefficient (Wildman–Crippen LogP) is 2.88. The molecule has 1 aromatic rings. The van der Waals surface area contributed by atoms with E-state index in [1.807, 2.05) is 0 Å². The van der Waals surface area contributed by atoms with Crippen LogP contribution in [0.25, 0.3) is 0 Å². The Bertz CT molecular complexity index is 472. The number of nitro benzene ring substituents is 1. The monoisotopic (exact) mass is 264 g/mol. The Morgan fingerprint density at radius 3 is 2.68 bits per heavy atom. The molecule has 0 heterocycles. The van der Waals surface area contributed by atoms with E-state index in [0.717, 1.165) is 19.3 Å². The van der Waals surface area contributed by atoms with Gasteiger partial charge in [-0.15, -0.1) is 0 Å². The van der Waals surface area contributed by atoms with Gasteiger partial charge in [-0.05, 0) is 18.9 Å². The Morgan fingerprint density at radius 1 is 1.47 bits per heavy atom. The van der Waals surface area contributed by atoms with Crippen molar-refractivity contribution in [2.45, 2.75) is 45.3 Å². The van der Waals surface area contributed by atoms with Crippen LogP contribution in [-0.4, -0.2) is 17.1 Å². The summed E-state index contributed by atoms with van der Waals surface area (Å²) in [6.07, 6.45) is 2.79. The molecule has 5 heteroatoms.